The lowest BCUT2D eigenvalue weighted by molar-refractivity contribution is 0.102. The first kappa shape index (κ1) is 14.0. The molecule has 0 aliphatic rings. The summed E-state index contributed by atoms with van der Waals surface area (Å²) in [5.41, 5.74) is 2.62. The summed E-state index contributed by atoms with van der Waals surface area (Å²) < 4.78 is 5.54. The fourth-order valence-electron chi connectivity index (χ4n) is 1.87. The van der Waals surface area contributed by atoms with Gasteiger partial charge in [0, 0.05) is 22.3 Å². The highest BCUT2D eigenvalue weighted by molar-refractivity contribution is 7.98. The highest BCUT2D eigenvalue weighted by Crippen LogP contribution is 2.24. The summed E-state index contributed by atoms with van der Waals surface area (Å²) in [6.07, 6.45) is 1.90. The number of benzene rings is 2. The van der Waals surface area contributed by atoms with Crippen molar-refractivity contribution in [1.29, 1.82) is 0 Å². The van der Waals surface area contributed by atoms with Crippen LogP contribution in [0.3, 0.4) is 0 Å². The molecule has 0 radical (unpaired) electrons. The highest BCUT2D eigenvalue weighted by Gasteiger charge is 2.09. The molecule has 4 nitrogen and oxygen atoms in total. The van der Waals surface area contributed by atoms with Gasteiger partial charge in [-0.2, -0.15) is 0 Å². The Balaban J connectivity index is 1.83. The van der Waals surface area contributed by atoms with Gasteiger partial charge in [-0.05, 0) is 42.7 Å². The van der Waals surface area contributed by atoms with Crippen molar-refractivity contribution in [2.75, 3.05) is 11.6 Å². The number of nitrogens with one attached hydrogen (secondary N) is 1. The van der Waals surface area contributed by atoms with Crippen molar-refractivity contribution in [1.82, 2.24) is 4.98 Å². The number of carbonyl (C=O) groups excluding carboxylic acids is 1. The molecule has 106 valence electrons. The zero-order chi connectivity index (χ0) is 14.8. The quantitative estimate of drug-likeness (QED) is 0.725. The summed E-state index contributed by atoms with van der Waals surface area (Å²) in [4.78, 5) is 16.4. The molecule has 2 aromatic carbocycles. The Morgan fingerprint density at radius 3 is 2.71 bits per heavy atom. The van der Waals surface area contributed by atoms with Crippen LogP contribution >= 0.6 is 23.4 Å². The Hall–Kier alpha value is -1.98. The van der Waals surface area contributed by atoms with Crippen molar-refractivity contribution in [3.05, 3.63) is 53.1 Å². The van der Waals surface area contributed by atoms with Gasteiger partial charge in [-0.25, -0.2) is 4.98 Å². The lowest BCUT2D eigenvalue weighted by Gasteiger charge is -2.04. The molecule has 0 atom stereocenters. The molecule has 6 heteroatoms. The molecular formula is C15H11ClN2O2S. The maximum Gasteiger partial charge on any atom is 0.256 e. The van der Waals surface area contributed by atoms with Gasteiger partial charge in [-0.15, -0.1) is 0 Å². The number of oxazole rings is 1. The largest absolute Gasteiger partial charge is 0.431 e. The predicted molar refractivity (Wildman–Crippen MR) is 85.2 cm³/mol. The molecule has 1 heterocycles. The molecule has 0 saturated carbocycles. The minimum Gasteiger partial charge on any atom is -0.431 e. The lowest BCUT2D eigenvalue weighted by Crippen LogP contribution is -2.11. The predicted octanol–water partition coefficient (Wildman–Crippen LogP) is 4.46. The number of thioether (sulfide) groups is 1. The number of nitrogens with zero attached hydrogens (tertiary/aromatic N) is 1. The van der Waals surface area contributed by atoms with Gasteiger partial charge in [0.25, 0.3) is 11.1 Å². The fourth-order valence-corrected chi connectivity index (χ4v) is 2.36. The van der Waals surface area contributed by atoms with Crippen LogP contribution in [0.2, 0.25) is 5.02 Å². The Kier molecular flexibility index (Phi) is 3.86. The molecule has 1 aromatic heterocycles. The van der Waals surface area contributed by atoms with Crippen LogP contribution in [0.5, 0.6) is 0 Å². The van der Waals surface area contributed by atoms with Gasteiger partial charge in [0.05, 0.1) is 0 Å². The van der Waals surface area contributed by atoms with Gasteiger partial charge < -0.3 is 9.73 Å². The second-order valence-electron chi connectivity index (χ2n) is 4.33. The van der Waals surface area contributed by atoms with Gasteiger partial charge in [-0.3, -0.25) is 4.79 Å². The van der Waals surface area contributed by atoms with Crippen molar-refractivity contribution in [3.8, 4) is 0 Å². The van der Waals surface area contributed by atoms with E-state index in [1.54, 1.807) is 36.4 Å². The summed E-state index contributed by atoms with van der Waals surface area (Å²) in [6, 6.07) is 12.1. The maximum atomic E-state index is 12.1. The molecule has 0 aliphatic heterocycles. The van der Waals surface area contributed by atoms with E-state index in [4.69, 9.17) is 16.0 Å². The van der Waals surface area contributed by atoms with Crippen molar-refractivity contribution in [2.45, 2.75) is 5.22 Å². The molecule has 21 heavy (non-hydrogen) atoms. The van der Waals surface area contributed by atoms with E-state index < -0.39 is 0 Å². The molecule has 0 saturated heterocycles. The third-order valence-corrected chi connectivity index (χ3v) is 3.68. The standard InChI is InChI=1S/C15H11ClN2O2S/c1-21-15-18-12-7-6-11(8-13(12)20-15)17-14(19)9-2-4-10(16)5-3-9/h2-8H,1H3,(H,17,19). The Morgan fingerprint density at radius 1 is 1.24 bits per heavy atom. The zero-order valence-electron chi connectivity index (χ0n) is 11.1. The van der Waals surface area contributed by atoms with Crippen molar-refractivity contribution in [3.63, 3.8) is 0 Å². The van der Waals surface area contributed by atoms with E-state index >= 15 is 0 Å². The monoisotopic (exact) mass is 318 g/mol. The molecule has 0 fully saturated rings. The average molecular weight is 319 g/mol. The number of hydrogen-bond donors (Lipinski definition) is 1. The summed E-state index contributed by atoms with van der Waals surface area (Å²) in [6.45, 7) is 0. The Labute approximate surface area is 130 Å². The number of rotatable bonds is 3. The number of fused-ring (bicyclic) bond motifs is 1. The van der Waals surface area contributed by atoms with Crippen LogP contribution < -0.4 is 5.32 Å². The SMILES string of the molecule is CSc1nc2ccc(NC(=O)c3ccc(Cl)cc3)cc2o1. The van der Waals surface area contributed by atoms with Gasteiger partial charge in [-0.1, -0.05) is 23.4 Å². The van der Waals surface area contributed by atoms with E-state index in [0.717, 1.165) is 5.52 Å². The van der Waals surface area contributed by atoms with E-state index in [0.29, 0.717) is 27.1 Å². The minimum absolute atomic E-state index is 0.198. The Morgan fingerprint density at radius 2 is 2.00 bits per heavy atom. The van der Waals surface area contributed by atoms with Gasteiger partial charge in [0.15, 0.2) is 5.58 Å². The van der Waals surface area contributed by atoms with Crippen LogP contribution in [-0.4, -0.2) is 17.1 Å². The summed E-state index contributed by atoms with van der Waals surface area (Å²) in [7, 11) is 0. The molecule has 0 bridgehead atoms. The van der Waals surface area contributed by atoms with Crippen LogP contribution in [0.1, 0.15) is 10.4 Å². The van der Waals surface area contributed by atoms with Gasteiger partial charge >= 0.3 is 0 Å². The van der Waals surface area contributed by atoms with Crippen LogP contribution in [0.4, 0.5) is 5.69 Å². The van der Waals surface area contributed by atoms with Crippen LogP contribution in [-0.2, 0) is 0 Å². The number of hydrogen-bond acceptors (Lipinski definition) is 4. The van der Waals surface area contributed by atoms with Crippen molar-refractivity contribution >= 4 is 46.1 Å². The molecule has 0 unspecified atom stereocenters. The van der Waals surface area contributed by atoms with Crippen LogP contribution in [0.25, 0.3) is 11.1 Å². The summed E-state index contributed by atoms with van der Waals surface area (Å²) >= 11 is 7.24. The lowest BCUT2D eigenvalue weighted by atomic mass is 10.2. The first-order valence-electron chi connectivity index (χ1n) is 6.17. The number of halogens is 1. The van der Waals surface area contributed by atoms with E-state index in [2.05, 4.69) is 10.3 Å². The fraction of sp³-hybridized carbons (Fsp3) is 0.0667. The molecule has 3 aromatic rings. The van der Waals surface area contributed by atoms with Gasteiger partial charge in [0.2, 0.25) is 0 Å². The third kappa shape index (κ3) is 3.04. The number of carbonyl (C=O) groups is 1. The van der Waals surface area contributed by atoms with Crippen molar-refractivity contribution in [2.24, 2.45) is 0 Å². The van der Waals surface area contributed by atoms with Gasteiger partial charge in [0.1, 0.15) is 5.52 Å². The molecular weight excluding hydrogens is 308 g/mol. The first-order valence-corrected chi connectivity index (χ1v) is 7.77. The molecule has 0 spiro atoms. The molecule has 0 aliphatic carbocycles. The van der Waals surface area contributed by atoms with Crippen LogP contribution in [0, 0.1) is 0 Å². The molecule has 1 N–H and O–H groups in total. The second kappa shape index (κ2) is 5.79. The topological polar surface area (TPSA) is 55.1 Å². The number of anilines is 1. The van der Waals surface area contributed by atoms with E-state index in [1.807, 2.05) is 12.3 Å². The zero-order valence-corrected chi connectivity index (χ0v) is 12.7. The molecule has 3 rings (SSSR count). The summed E-state index contributed by atoms with van der Waals surface area (Å²) in [5.74, 6) is -0.198. The smallest absolute Gasteiger partial charge is 0.256 e. The molecule has 1 amide bonds. The van der Waals surface area contributed by atoms with Crippen molar-refractivity contribution < 1.29 is 9.21 Å². The first-order chi connectivity index (χ1) is 10.2. The maximum absolute atomic E-state index is 12.1. The normalized spacial score (nSPS) is 10.8. The second-order valence-corrected chi connectivity index (χ2v) is 5.52. The number of amides is 1. The van der Waals surface area contributed by atoms with Crippen LogP contribution in [0.15, 0.2) is 52.1 Å². The minimum atomic E-state index is -0.198. The summed E-state index contributed by atoms with van der Waals surface area (Å²) in [5, 5.41) is 4.02. The average Bonchev–Trinajstić information content (AvgIpc) is 2.90. The van der Waals surface area contributed by atoms with E-state index in [9.17, 15) is 4.79 Å². The van der Waals surface area contributed by atoms with E-state index in [-0.39, 0.29) is 5.91 Å². The Bertz CT molecular complexity index is 799. The third-order valence-electron chi connectivity index (χ3n) is 2.91. The highest BCUT2D eigenvalue weighted by atomic mass is 35.5. The van der Waals surface area contributed by atoms with E-state index in [1.165, 1.54) is 11.8 Å². The number of aromatic nitrogens is 1.